The van der Waals surface area contributed by atoms with Crippen LogP contribution >= 0.6 is 0 Å². The van der Waals surface area contributed by atoms with Crippen LogP contribution in [0.4, 0.5) is 5.69 Å². The molecule has 24 heavy (non-hydrogen) atoms. The van der Waals surface area contributed by atoms with Gasteiger partial charge in [0.15, 0.2) is 0 Å². The normalized spacial score (nSPS) is 16.0. The van der Waals surface area contributed by atoms with Crippen molar-refractivity contribution in [2.24, 2.45) is 0 Å². The molecule has 1 N–H and O–H groups in total. The van der Waals surface area contributed by atoms with E-state index in [-0.39, 0.29) is 0 Å². The molecule has 4 rings (SSSR count). The van der Waals surface area contributed by atoms with E-state index >= 15 is 0 Å². The Morgan fingerprint density at radius 2 is 1.79 bits per heavy atom. The zero-order valence-corrected chi connectivity index (χ0v) is 13.9. The highest BCUT2D eigenvalue weighted by molar-refractivity contribution is 5.57. The molecule has 0 radical (unpaired) electrons. The van der Waals surface area contributed by atoms with Crippen molar-refractivity contribution in [1.82, 2.24) is 14.3 Å². The van der Waals surface area contributed by atoms with Crippen molar-refractivity contribution in [2.75, 3.05) is 31.1 Å². The molecule has 0 bridgehead atoms. The second-order valence-electron chi connectivity index (χ2n) is 6.46. The molecule has 0 unspecified atom stereocenters. The maximum Gasteiger partial charge on any atom is 0.138 e. The van der Waals surface area contributed by atoms with Crippen molar-refractivity contribution in [3.8, 4) is 5.75 Å². The van der Waals surface area contributed by atoms with Gasteiger partial charge in [0.1, 0.15) is 11.4 Å². The van der Waals surface area contributed by atoms with E-state index in [1.165, 1.54) is 5.56 Å². The van der Waals surface area contributed by atoms with Crippen LogP contribution in [0, 0.1) is 6.92 Å². The molecular formula is C19H22N4O. The van der Waals surface area contributed by atoms with Gasteiger partial charge in [0.05, 0.1) is 11.4 Å². The standard InChI is InChI=1S/C19H22N4O/c1-15-6-7-19-20-16(14-23(19)12-15)13-21-8-10-22(11-9-21)17-4-2-3-5-18(17)24/h2-7,12,14,24H,8-11,13H2,1H3. The fourth-order valence-electron chi connectivity index (χ4n) is 3.34. The molecule has 3 aromatic rings. The van der Waals surface area contributed by atoms with Crippen LogP contribution in [0.3, 0.4) is 0 Å². The molecule has 1 aliphatic rings. The molecule has 3 heterocycles. The van der Waals surface area contributed by atoms with Gasteiger partial charge < -0.3 is 14.4 Å². The molecule has 0 spiro atoms. The summed E-state index contributed by atoms with van der Waals surface area (Å²) < 4.78 is 2.10. The minimum Gasteiger partial charge on any atom is -0.506 e. The largest absolute Gasteiger partial charge is 0.506 e. The molecule has 0 aliphatic carbocycles. The predicted octanol–water partition coefficient (Wildman–Crippen LogP) is 2.67. The molecule has 0 saturated carbocycles. The molecule has 5 heteroatoms. The third-order valence-electron chi connectivity index (χ3n) is 4.63. The Kier molecular flexibility index (Phi) is 3.86. The van der Waals surface area contributed by atoms with E-state index in [4.69, 9.17) is 4.98 Å². The highest BCUT2D eigenvalue weighted by Crippen LogP contribution is 2.27. The Morgan fingerprint density at radius 3 is 2.58 bits per heavy atom. The van der Waals surface area contributed by atoms with E-state index in [1.54, 1.807) is 6.07 Å². The highest BCUT2D eigenvalue weighted by atomic mass is 16.3. The van der Waals surface area contributed by atoms with Crippen molar-refractivity contribution in [3.05, 3.63) is 60.0 Å². The van der Waals surface area contributed by atoms with Crippen LogP contribution in [0.25, 0.3) is 5.65 Å². The number of anilines is 1. The second-order valence-corrected chi connectivity index (χ2v) is 6.46. The number of hydrogen-bond acceptors (Lipinski definition) is 4. The third kappa shape index (κ3) is 2.95. The molecule has 1 aromatic carbocycles. The topological polar surface area (TPSA) is 44.0 Å². The molecule has 5 nitrogen and oxygen atoms in total. The van der Waals surface area contributed by atoms with E-state index in [9.17, 15) is 5.11 Å². The number of aromatic nitrogens is 2. The summed E-state index contributed by atoms with van der Waals surface area (Å²) in [7, 11) is 0. The number of imidazole rings is 1. The number of aryl methyl sites for hydroxylation is 1. The summed E-state index contributed by atoms with van der Waals surface area (Å²) in [6, 6.07) is 11.7. The number of nitrogens with zero attached hydrogens (tertiary/aromatic N) is 4. The maximum absolute atomic E-state index is 10.00. The maximum atomic E-state index is 10.00. The molecule has 0 atom stereocenters. The lowest BCUT2D eigenvalue weighted by atomic mass is 10.2. The lowest BCUT2D eigenvalue weighted by Crippen LogP contribution is -2.46. The van der Waals surface area contributed by atoms with Gasteiger partial charge in [-0.05, 0) is 30.7 Å². The van der Waals surface area contributed by atoms with Crippen molar-refractivity contribution >= 4 is 11.3 Å². The van der Waals surface area contributed by atoms with Gasteiger partial charge in [-0.3, -0.25) is 4.90 Å². The number of rotatable bonds is 3. The molecular weight excluding hydrogens is 300 g/mol. The molecule has 1 saturated heterocycles. The molecule has 0 amide bonds. The van der Waals surface area contributed by atoms with Gasteiger partial charge in [0, 0.05) is 45.1 Å². The number of fused-ring (bicyclic) bond motifs is 1. The zero-order chi connectivity index (χ0) is 16.5. The predicted molar refractivity (Wildman–Crippen MR) is 95.5 cm³/mol. The van der Waals surface area contributed by atoms with Crippen LogP contribution in [0.15, 0.2) is 48.8 Å². The summed E-state index contributed by atoms with van der Waals surface area (Å²) in [6.07, 6.45) is 4.24. The molecule has 124 valence electrons. The minimum atomic E-state index is 0.363. The van der Waals surface area contributed by atoms with Crippen LogP contribution in [0.5, 0.6) is 5.75 Å². The summed E-state index contributed by atoms with van der Waals surface area (Å²) >= 11 is 0. The smallest absolute Gasteiger partial charge is 0.138 e. The van der Waals surface area contributed by atoms with E-state index in [2.05, 4.69) is 45.7 Å². The first-order chi connectivity index (χ1) is 11.7. The SMILES string of the molecule is Cc1ccc2nc(CN3CCN(c4ccccc4O)CC3)cn2c1. The highest BCUT2D eigenvalue weighted by Gasteiger charge is 2.19. The van der Waals surface area contributed by atoms with Crippen LogP contribution in [-0.4, -0.2) is 45.6 Å². The van der Waals surface area contributed by atoms with Crippen molar-refractivity contribution in [1.29, 1.82) is 0 Å². The van der Waals surface area contributed by atoms with Gasteiger partial charge in [0.25, 0.3) is 0 Å². The van der Waals surface area contributed by atoms with Gasteiger partial charge in [-0.25, -0.2) is 4.98 Å². The third-order valence-corrected chi connectivity index (χ3v) is 4.63. The van der Waals surface area contributed by atoms with Crippen LogP contribution in [-0.2, 0) is 6.54 Å². The Balaban J connectivity index is 1.41. The Morgan fingerprint density at radius 1 is 1.00 bits per heavy atom. The lowest BCUT2D eigenvalue weighted by molar-refractivity contribution is 0.247. The molecule has 2 aromatic heterocycles. The number of phenols is 1. The number of aromatic hydroxyl groups is 1. The van der Waals surface area contributed by atoms with E-state index in [0.29, 0.717) is 5.75 Å². The molecule has 1 fully saturated rings. The van der Waals surface area contributed by atoms with Crippen molar-refractivity contribution in [3.63, 3.8) is 0 Å². The number of para-hydroxylation sites is 2. The summed E-state index contributed by atoms with van der Waals surface area (Å²) in [5, 5.41) is 10.00. The fourth-order valence-corrected chi connectivity index (χ4v) is 3.34. The average molecular weight is 322 g/mol. The van der Waals surface area contributed by atoms with Crippen LogP contribution in [0.1, 0.15) is 11.3 Å². The average Bonchev–Trinajstić information content (AvgIpc) is 2.97. The Bertz CT molecular complexity index is 849. The van der Waals surface area contributed by atoms with Gasteiger partial charge in [-0.15, -0.1) is 0 Å². The Labute approximate surface area is 141 Å². The van der Waals surface area contributed by atoms with Gasteiger partial charge in [-0.1, -0.05) is 18.2 Å². The first-order valence-corrected chi connectivity index (χ1v) is 8.38. The minimum absolute atomic E-state index is 0.363. The Hall–Kier alpha value is -2.53. The van der Waals surface area contributed by atoms with Crippen molar-refractivity contribution < 1.29 is 5.11 Å². The van der Waals surface area contributed by atoms with Crippen LogP contribution < -0.4 is 4.90 Å². The lowest BCUT2D eigenvalue weighted by Gasteiger charge is -2.36. The first kappa shape index (κ1) is 15.0. The summed E-state index contributed by atoms with van der Waals surface area (Å²) in [6.45, 7) is 6.75. The zero-order valence-electron chi connectivity index (χ0n) is 13.9. The summed E-state index contributed by atoms with van der Waals surface area (Å²) in [4.78, 5) is 9.38. The van der Waals surface area contributed by atoms with Crippen LogP contribution in [0.2, 0.25) is 0 Å². The first-order valence-electron chi connectivity index (χ1n) is 8.38. The van der Waals surface area contributed by atoms with Crippen molar-refractivity contribution in [2.45, 2.75) is 13.5 Å². The number of piperazine rings is 1. The van der Waals surface area contributed by atoms with Gasteiger partial charge >= 0.3 is 0 Å². The fraction of sp³-hybridized carbons (Fsp3) is 0.316. The van der Waals surface area contributed by atoms with E-state index in [1.807, 2.05) is 18.2 Å². The quantitative estimate of drug-likeness (QED) is 0.805. The van der Waals surface area contributed by atoms with Gasteiger partial charge in [-0.2, -0.15) is 0 Å². The monoisotopic (exact) mass is 322 g/mol. The summed E-state index contributed by atoms with van der Waals surface area (Å²) in [5.41, 5.74) is 4.28. The number of phenolic OH excluding ortho intramolecular Hbond substituents is 1. The second kappa shape index (κ2) is 6.17. The number of pyridine rings is 1. The molecule has 1 aliphatic heterocycles. The van der Waals surface area contributed by atoms with E-state index < -0.39 is 0 Å². The number of benzene rings is 1. The van der Waals surface area contributed by atoms with Gasteiger partial charge in [0.2, 0.25) is 0 Å². The summed E-state index contributed by atoms with van der Waals surface area (Å²) in [5.74, 6) is 0.363. The van der Waals surface area contributed by atoms with E-state index in [0.717, 1.165) is 49.8 Å². The number of hydrogen-bond donors (Lipinski definition) is 1.